The van der Waals surface area contributed by atoms with E-state index in [1.54, 1.807) is 7.05 Å². The highest BCUT2D eigenvalue weighted by Crippen LogP contribution is 2.20. The molecule has 0 saturated carbocycles. The van der Waals surface area contributed by atoms with Gasteiger partial charge in [0.15, 0.2) is 5.16 Å². The number of thioether (sulfide) groups is 1. The molecule has 0 radical (unpaired) electrons. The number of aromatic amines is 1. The summed E-state index contributed by atoms with van der Waals surface area (Å²) in [4.78, 5) is 29.9. The number of hydrogen-bond donors (Lipinski definition) is 2. The Morgan fingerprint density at radius 2 is 2.10 bits per heavy atom. The summed E-state index contributed by atoms with van der Waals surface area (Å²) in [5.74, 6) is 0.525. The average molecular weight is 368 g/mol. The van der Waals surface area contributed by atoms with E-state index in [0.717, 1.165) is 10.0 Å². The first-order valence-electron chi connectivity index (χ1n) is 6.25. The molecule has 1 aromatic carbocycles. The van der Waals surface area contributed by atoms with Crippen LogP contribution in [0, 0.1) is 0 Å². The van der Waals surface area contributed by atoms with Gasteiger partial charge in [0.2, 0.25) is 5.91 Å². The number of nitrogens with zero attached hydrogens (tertiary/aromatic N) is 1. The van der Waals surface area contributed by atoms with E-state index < -0.39 is 0 Å². The molecule has 5 nitrogen and oxygen atoms in total. The minimum atomic E-state index is -0.248. The zero-order valence-corrected chi connectivity index (χ0v) is 13.8. The van der Waals surface area contributed by atoms with Gasteiger partial charge in [0.05, 0.1) is 12.1 Å². The molecule has 7 heteroatoms. The summed E-state index contributed by atoms with van der Waals surface area (Å²) in [5, 5.41) is 3.03. The Labute approximate surface area is 134 Å². The minimum Gasteiger partial charge on any atom is -0.359 e. The lowest BCUT2D eigenvalue weighted by Gasteiger charge is -2.04. The van der Waals surface area contributed by atoms with E-state index in [-0.39, 0.29) is 17.9 Å². The third-order valence-corrected chi connectivity index (χ3v) is 4.16. The number of rotatable bonds is 5. The standard InChI is InChI=1S/C14H14BrN3O2S/c1-16-12(19)6-11-7-13(20)18-14(17-11)21-8-9-2-4-10(15)5-3-9/h2-5,7H,6,8H2,1H3,(H,16,19)(H,17,18,20). The minimum absolute atomic E-state index is 0.103. The van der Waals surface area contributed by atoms with Gasteiger partial charge in [-0.25, -0.2) is 4.98 Å². The number of carbonyl (C=O) groups excluding carboxylic acids is 1. The van der Waals surface area contributed by atoms with Gasteiger partial charge in [0.25, 0.3) is 5.56 Å². The van der Waals surface area contributed by atoms with Crippen molar-refractivity contribution in [1.29, 1.82) is 0 Å². The first-order chi connectivity index (χ1) is 10.1. The van der Waals surface area contributed by atoms with Crippen LogP contribution >= 0.6 is 27.7 Å². The van der Waals surface area contributed by atoms with Crippen molar-refractivity contribution >= 4 is 33.6 Å². The molecule has 21 heavy (non-hydrogen) atoms. The predicted molar refractivity (Wildman–Crippen MR) is 86.3 cm³/mol. The molecule has 0 aliphatic heterocycles. The third kappa shape index (κ3) is 5.02. The van der Waals surface area contributed by atoms with Crippen molar-refractivity contribution in [3.63, 3.8) is 0 Å². The van der Waals surface area contributed by atoms with Gasteiger partial charge in [0.1, 0.15) is 0 Å². The molecule has 0 saturated heterocycles. The molecular weight excluding hydrogens is 354 g/mol. The van der Waals surface area contributed by atoms with Crippen LogP contribution in [-0.4, -0.2) is 22.9 Å². The SMILES string of the molecule is CNC(=O)Cc1cc(=O)[nH]c(SCc2ccc(Br)cc2)n1. The van der Waals surface area contributed by atoms with Gasteiger partial charge in [-0.05, 0) is 17.7 Å². The predicted octanol–water partition coefficient (Wildman–Crippen LogP) is 2.11. The molecule has 0 unspecified atom stereocenters. The van der Waals surface area contributed by atoms with E-state index in [1.165, 1.54) is 17.8 Å². The molecule has 1 amide bonds. The number of likely N-dealkylation sites (N-methyl/N-ethyl adjacent to an activating group) is 1. The van der Waals surface area contributed by atoms with E-state index in [9.17, 15) is 9.59 Å². The zero-order valence-electron chi connectivity index (χ0n) is 11.4. The van der Waals surface area contributed by atoms with E-state index in [0.29, 0.717) is 16.6 Å². The number of amides is 1. The average Bonchev–Trinajstić information content (AvgIpc) is 2.46. The van der Waals surface area contributed by atoms with Crippen LogP contribution in [-0.2, 0) is 17.0 Å². The molecule has 0 bridgehead atoms. The highest BCUT2D eigenvalue weighted by atomic mass is 79.9. The summed E-state index contributed by atoms with van der Waals surface area (Å²) in [7, 11) is 1.55. The molecule has 2 N–H and O–H groups in total. The number of carbonyl (C=O) groups is 1. The van der Waals surface area contributed by atoms with Gasteiger partial charge in [-0.1, -0.05) is 39.8 Å². The number of H-pyrrole nitrogens is 1. The van der Waals surface area contributed by atoms with E-state index in [4.69, 9.17) is 0 Å². The molecule has 2 rings (SSSR count). The van der Waals surface area contributed by atoms with Crippen LogP contribution in [0.2, 0.25) is 0 Å². The largest absolute Gasteiger partial charge is 0.359 e. The summed E-state index contributed by atoms with van der Waals surface area (Å²) in [6, 6.07) is 9.29. The third-order valence-electron chi connectivity index (χ3n) is 2.68. The number of halogens is 1. The van der Waals surface area contributed by atoms with Crippen LogP contribution in [0.25, 0.3) is 0 Å². The molecule has 2 aromatic rings. The van der Waals surface area contributed by atoms with Crippen LogP contribution in [0.1, 0.15) is 11.3 Å². The summed E-state index contributed by atoms with van der Waals surface area (Å²) in [6.45, 7) is 0. The summed E-state index contributed by atoms with van der Waals surface area (Å²) >= 11 is 4.81. The Balaban J connectivity index is 2.07. The zero-order chi connectivity index (χ0) is 15.2. The van der Waals surface area contributed by atoms with E-state index >= 15 is 0 Å². The number of aromatic nitrogens is 2. The second kappa shape index (κ2) is 7.42. The lowest BCUT2D eigenvalue weighted by molar-refractivity contribution is -0.120. The van der Waals surface area contributed by atoms with Gasteiger partial charge in [-0.3, -0.25) is 9.59 Å². The Morgan fingerprint density at radius 3 is 2.76 bits per heavy atom. The Morgan fingerprint density at radius 1 is 1.38 bits per heavy atom. The molecule has 0 fully saturated rings. The Bertz CT molecular complexity index is 685. The quantitative estimate of drug-likeness (QED) is 0.626. The van der Waals surface area contributed by atoms with Crippen molar-refractivity contribution in [1.82, 2.24) is 15.3 Å². The maximum Gasteiger partial charge on any atom is 0.251 e. The van der Waals surface area contributed by atoms with Crippen LogP contribution < -0.4 is 10.9 Å². The molecule has 110 valence electrons. The van der Waals surface area contributed by atoms with Crippen LogP contribution in [0.4, 0.5) is 0 Å². The monoisotopic (exact) mass is 367 g/mol. The topological polar surface area (TPSA) is 74.8 Å². The molecule has 0 aliphatic carbocycles. The second-order valence-corrected chi connectivity index (χ2v) is 6.19. The van der Waals surface area contributed by atoms with Crippen molar-refractivity contribution in [2.24, 2.45) is 0 Å². The van der Waals surface area contributed by atoms with Crippen LogP contribution in [0.3, 0.4) is 0 Å². The van der Waals surface area contributed by atoms with Crippen molar-refractivity contribution in [2.75, 3.05) is 7.05 Å². The normalized spacial score (nSPS) is 10.4. The lowest BCUT2D eigenvalue weighted by Crippen LogP contribution is -2.22. The Kier molecular flexibility index (Phi) is 5.58. The number of hydrogen-bond acceptors (Lipinski definition) is 4. The van der Waals surface area contributed by atoms with Crippen molar-refractivity contribution < 1.29 is 4.79 Å². The van der Waals surface area contributed by atoms with Gasteiger partial charge in [-0.2, -0.15) is 0 Å². The molecule has 1 heterocycles. The first-order valence-corrected chi connectivity index (χ1v) is 8.03. The maximum atomic E-state index is 11.6. The fourth-order valence-electron chi connectivity index (χ4n) is 1.63. The smallest absolute Gasteiger partial charge is 0.251 e. The van der Waals surface area contributed by atoms with Crippen LogP contribution in [0.5, 0.6) is 0 Å². The summed E-state index contributed by atoms with van der Waals surface area (Å²) in [6.07, 6.45) is 0.103. The van der Waals surface area contributed by atoms with Gasteiger partial charge in [0, 0.05) is 23.3 Å². The fraction of sp³-hybridized carbons (Fsp3) is 0.214. The van der Waals surface area contributed by atoms with Gasteiger partial charge < -0.3 is 10.3 Å². The number of benzene rings is 1. The first kappa shape index (κ1) is 15.8. The Hall–Kier alpha value is -1.60. The number of nitrogens with one attached hydrogen (secondary N) is 2. The van der Waals surface area contributed by atoms with Crippen molar-refractivity contribution in [3.05, 3.63) is 56.4 Å². The van der Waals surface area contributed by atoms with Gasteiger partial charge >= 0.3 is 0 Å². The molecular formula is C14H14BrN3O2S. The molecule has 0 spiro atoms. The highest BCUT2D eigenvalue weighted by Gasteiger charge is 2.06. The molecule has 1 aromatic heterocycles. The van der Waals surface area contributed by atoms with Gasteiger partial charge in [-0.15, -0.1) is 0 Å². The molecule has 0 aliphatic rings. The van der Waals surface area contributed by atoms with Crippen molar-refractivity contribution in [2.45, 2.75) is 17.3 Å². The lowest BCUT2D eigenvalue weighted by atomic mass is 10.2. The maximum absolute atomic E-state index is 11.6. The van der Waals surface area contributed by atoms with Crippen LogP contribution in [0.15, 0.2) is 44.8 Å². The fourth-order valence-corrected chi connectivity index (χ4v) is 2.74. The summed E-state index contributed by atoms with van der Waals surface area (Å²) in [5.41, 5.74) is 1.35. The van der Waals surface area contributed by atoms with E-state index in [2.05, 4.69) is 31.2 Å². The van der Waals surface area contributed by atoms with Crippen molar-refractivity contribution in [3.8, 4) is 0 Å². The summed E-state index contributed by atoms with van der Waals surface area (Å²) < 4.78 is 1.02. The highest BCUT2D eigenvalue weighted by molar-refractivity contribution is 9.10. The molecule has 0 atom stereocenters. The second-order valence-electron chi connectivity index (χ2n) is 4.31. The van der Waals surface area contributed by atoms with E-state index in [1.807, 2.05) is 24.3 Å².